The lowest BCUT2D eigenvalue weighted by atomic mass is 9.80. The number of nitrogens with zero attached hydrogens (tertiary/aromatic N) is 2. The molecule has 5 nitrogen and oxygen atoms in total. The molecule has 3 heterocycles. The van der Waals surface area contributed by atoms with E-state index in [2.05, 4.69) is 165 Å². The Morgan fingerprint density at radius 1 is 0.519 bits per heavy atom. The molecule has 3 saturated carbocycles. The molecule has 5 aliphatic rings. The van der Waals surface area contributed by atoms with E-state index in [4.69, 9.17) is 9.47 Å². The molecule has 0 spiro atoms. The number of aromatic nitrogens is 1. The maximum Gasteiger partial charge on any atom is 0.410 e. The predicted molar refractivity (Wildman–Crippen MR) is 341 cm³/mol. The van der Waals surface area contributed by atoms with Crippen LogP contribution in [0.4, 0.5) is 4.79 Å². The summed E-state index contributed by atoms with van der Waals surface area (Å²) in [5, 5.41) is 0. The normalized spacial score (nSPS) is 16.3. The molecule has 7 rings (SSSR count). The van der Waals surface area contributed by atoms with Crippen LogP contribution in [-0.4, -0.2) is 47.9 Å². The molecule has 3 aliphatic carbocycles. The minimum Gasteiger partial charge on any atom is -0.444 e. The van der Waals surface area contributed by atoms with Gasteiger partial charge in [-0.2, -0.15) is 0 Å². The molecule has 2 saturated heterocycles. The molecule has 2 aromatic rings. The van der Waals surface area contributed by atoms with Crippen molar-refractivity contribution in [2.45, 2.75) is 285 Å². The van der Waals surface area contributed by atoms with Crippen LogP contribution in [0.25, 0.3) is 0 Å². The summed E-state index contributed by atoms with van der Waals surface area (Å²) in [6.07, 6.45) is 34.6. The molecule has 77 heavy (non-hydrogen) atoms. The van der Waals surface area contributed by atoms with Crippen LogP contribution in [-0.2, 0) is 22.3 Å². The third kappa shape index (κ3) is 49.2. The van der Waals surface area contributed by atoms with E-state index in [1.807, 2.05) is 33.2 Å². The Morgan fingerprint density at radius 2 is 0.922 bits per heavy atom. The molecular formula is C72H134N2O3. The maximum absolute atomic E-state index is 11.6. The number of hydrogen-bond acceptors (Lipinski definition) is 4. The zero-order valence-corrected chi connectivity index (χ0v) is 55.2. The minimum absolute atomic E-state index is 0.164. The number of benzene rings is 1. The van der Waals surface area contributed by atoms with Crippen molar-refractivity contribution in [3.05, 3.63) is 66.0 Å². The second-order valence-corrected chi connectivity index (χ2v) is 28.8. The van der Waals surface area contributed by atoms with Crippen molar-refractivity contribution in [3.63, 3.8) is 0 Å². The third-order valence-electron chi connectivity index (χ3n) is 14.8. The summed E-state index contributed by atoms with van der Waals surface area (Å²) in [5.74, 6) is 11.8. The van der Waals surface area contributed by atoms with E-state index in [1.54, 1.807) is 4.90 Å². The van der Waals surface area contributed by atoms with E-state index in [0.717, 1.165) is 97.3 Å². The fourth-order valence-electron chi connectivity index (χ4n) is 9.60. The smallest absolute Gasteiger partial charge is 0.410 e. The second kappa shape index (κ2) is 45.2. The number of rotatable bonds is 21. The Morgan fingerprint density at radius 3 is 1.23 bits per heavy atom. The van der Waals surface area contributed by atoms with Gasteiger partial charge in [0.05, 0.1) is 13.2 Å². The number of hydrogen-bond donors (Lipinski definition) is 0. The number of unbranched alkanes of at least 4 members (excludes halogenated alkanes) is 2. The number of aryl methyl sites for hydroxylation is 2. The molecule has 0 atom stereocenters. The first kappa shape index (κ1) is 74.6. The van der Waals surface area contributed by atoms with Crippen molar-refractivity contribution in [2.75, 3.05) is 26.3 Å². The topological polar surface area (TPSA) is 51.7 Å². The van der Waals surface area contributed by atoms with Crippen molar-refractivity contribution in [3.8, 4) is 0 Å². The summed E-state index contributed by atoms with van der Waals surface area (Å²) < 4.78 is 10.3. The zero-order chi connectivity index (χ0) is 58.2. The van der Waals surface area contributed by atoms with Gasteiger partial charge in [-0.15, -0.1) is 0 Å². The van der Waals surface area contributed by atoms with Gasteiger partial charge in [-0.25, -0.2) is 4.79 Å². The Labute approximate surface area is 482 Å². The van der Waals surface area contributed by atoms with Gasteiger partial charge in [0.2, 0.25) is 0 Å². The van der Waals surface area contributed by atoms with Gasteiger partial charge in [0.15, 0.2) is 0 Å². The van der Waals surface area contributed by atoms with Crippen molar-refractivity contribution >= 4 is 6.09 Å². The number of carbonyl (C=O) groups excluding carboxylic acids is 1. The summed E-state index contributed by atoms with van der Waals surface area (Å²) in [4.78, 5) is 17.3. The van der Waals surface area contributed by atoms with Gasteiger partial charge in [0.25, 0.3) is 0 Å². The monoisotopic (exact) mass is 1080 g/mol. The van der Waals surface area contributed by atoms with Crippen molar-refractivity contribution in [2.24, 2.45) is 76.9 Å². The third-order valence-corrected chi connectivity index (χ3v) is 14.8. The summed E-state index contributed by atoms with van der Waals surface area (Å²) in [6, 6.07) is 14.8. The molecule has 0 unspecified atom stereocenters. The van der Waals surface area contributed by atoms with Crippen LogP contribution >= 0.6 is 0 Å². The Hall–Kier alpha value is -2.40. The lowest BCUT2D eigenvalue weighted by Gasteiger charge is -2.40. The predicted octanol–water partition coefficient (Wildman–Crippen LogP) is 22.2. The molecule has 450 valence electrons. The Balaban J connectivity index is 0.000000867. The van der Waals surface area contributed by atoms with Crippen LogP contribution in [0, 0.1) is 76.9 Å². The van der Waals surface area contributed by atoms with E-state index >= 15 is 0 Å². The number of ether oxygens (including phenoxy) is 2. The van der Waals surface area contributed by atoms with Gasteiger partial charge < -0.3 is 14.4 Å². The summed E-state index contributed by atoms with van der Waals surface area (Å²) in [7, 11) is 0. The van der Waals surface area contributed by atoms with Crippen LogP contribution in [0.5, 0.6) is 0 Å². The average molecular weight is 1080 g/mol. The molecule has 1 amide bonds. The molecule has 0 radical (unpaired) electrons. The van der Waals surface area contributed by atoms with E-state index in [9.17, 15) is 4.79 Å². The van der Waals surface area contributed by atoms with Gasteiger partial charge in [0, 0.05) is 31.4 Å². The summed E-state index contributed by atoms with van der Waals surface area (Å²) in [6.45, 7) is 48.2. The summed E-state index contributed by atoms with van der Waals surface area (Å²) >= 11 is 0. The van der Waals surface area contributed by atoms with E-state index in [0.29, 0.717) is 5.92 Å². The standard InChI is InChI=1S/C12H23NO2.C11H16.C10H15N.C8H16O.2C8H16.C8H18.C7H14/c1-9(2)6-10-7-13(8-10)11(14)15-12(3,4)5;1-10(2)8-9-11-6-4-3-5-7-11;1-9(2)3-4-10-5-7-11-8-6-10;1-7(2)3-4-8-5-9-6-8;2*1-7(2)6-8-4-3-5-8;1-4-5-6-7-8(2)3;1-6(2)5-7-3-4-7/h9-10H,6-8H2,1-5H3;3-7,10H,8-9H2,1-2H3;5-9H,3-4H2,1-2H3;7-8H,3-6H2,1-2H3;2*7-8H,3-6H2,1-2H3;8H,4-7H2,1-3H3;6-7H,3-5H2,1-2H3. The fraction of sp³-hybridized carbons (Fsp3) is 0.833. The van der Waals surface area contributed by atoms with E-state index in [-0.39, 0.29) is 11.7 Å². The van der Waals surface area contributed by atoms with Gasteiger partial charge in [-0.3, -0.25) is 4.98 Å². The highest BCUT2D eigenvalue weighted by molar-refractivity contribution is 5.69. The first-order valence-electron chi connectivity index (χ1n) is 32.8. The lowest BCUT2D eigenvalue weighted by molar-refractivity contribution is -0.0374. The number of amides is 1. The first-order chi connectivity index (χ1) is 36.3. The first-order valence-corrected chi connectivity index (χ1v) is 32.8. The summed E-state index contributed by atoms with van der Waals surface area (Å²) in [5.41, 5.74) is 2.48. The van der Waals surface area contributed by atoms with Crippen LogP contribution in [0.15, 0.2) is 54.9 Å². The number of pyridine rings is 1. The SMILES string of the molecule is CC(C)CC1CC1.CC(C)CC1CCC1.CC(C)CC1CCC1.CC(C)CC1CN(C(=O)OC(C)(C)C)C1.CC(C)CCC1COC1.CC(C)CCc1ccccc1.CC(C)CCc1ccncc1.CCCCCC(C)C. The van der Waals surface area contributed by atoms with Crippen molar-refractivity contribution in [1.82, 2.24) is 9.88 Å². The minimum atomic E-state index is -0.375. The molecule has 1 aromatic heterocycles. The quantitative estimate of drug-likeness (QED) is 0.117. The molecule has 2 aliphatic heterocycles. The van der Waals surface area contributed by atoms with E-state index < -0.39 is 0 Å². The molecule has 5 fully saturated rings. The Kier molecular flexibility index (Phi) is 43.8. The average Bonchev–Trinajstić information content (AvgIpc) is 4.10. The second-order valence-electron chi connectivity index (χ2n) is 28.8. The molecule has 0 N–H and O–H groups in total. The zero-order valence-electron chi connectivity index (χ0n) is 55.2. The number of carbonyl (C=O) groups is 1. The van der Waals surface area contributed by atoms with Gasteiger partial charge >= 0.3 is 6.09 Å². The molecule has 0 bridgehead atoms. The fourth-order valence-corrected chi connectivity index (χ4v) is 9.60. The van der Waals surface area contributed by atoms with Gasteiger partial charge in [-0.05, 0) is 173 Å². The van der Waals surface area contributed by atoms with Gasteiger partial charge in [-0.1, -0.05) is 232 Å². The van der Waals surface area contributed by atoms with E-state index in [1.165, 1.54) is 152 Å². The van der Waals surface area contributed by atoms with Crippen LogP contribution in [0.1, 0.15) is 278 Å². The molecule has 5 heteroatoms. The highest BCUT2D eigenvalue weighted by atomic mass is 16.6. The Bertz CT molecular complexity index is 1500. The highest BCUT2D eigenvalue weighted by Crippen LogP contribution is 2.35. The molecular weight excluding hydrogens is 941 g/mol. The van der Waals surface area contributed by atoms with Crippen molar-refractivity contribution in [1.29, 1.82) is 0 Å². The largest absolute Gasteiger partial charge is 0.444 e. The van der Waals surface area contributed by atoms with Gasteiger partial charge in [0.1, 0.15) is 5.60 Å². The van der Waals surface area contributed by atoms with Crippen LogP contribution in [0.3, 0.4) is 0 Å². The number of likely N-dealkylation sites (tertiary alicyclic amines) is 1. The maximum atomic E-state index is 11.6. The van der Waals surface area contributed by atoms with Crippen molar-refractivity contribution < 1.29 is 14.3 Å². The molecule has 1 aromatic carbocycles. The van der Waals surface area contributed by atoms with Crippen LogP contribution in [0.2, 0.25) is 0 Å². The highest BCUT2D eigenvalue weighted by Gasteiger charge is 2.33. The van der Waals surface area contributed by atoms with Crippen LogP contribution < -0.4 is 0 Å². The lowest BCUT2D eigenvalue weighted by Crippen LogP contribution is -2.51.